The van der Waals surface area contributed by atoms with E-state index in [0.29, 0.717) is 34.0 Å². The highest BCUT2D eigenvalue weighted by atomic mass is 16.5. The Hall–Kier alpha value is -3.85. The first-order valence-electron chi connectivity index (χ1n) is 11.7. The van der Waals surface area contributed by atoms with Gasteiger partial charge in [0.15, 0.2) is 5.75 Å². The molecule has 2 amide bonds. The molecule has 4 aromatic rings. The largest absolute Gasteiger partial charge is 0.460 e. The normalized spacial score (nSPS) is 16.7. The summed E-state index contributed by atoms with van der Waals surface area (Å²) in [7, 11) is 1.59. The number of hydrogen-bond donors (Lipinski definition) is 1. The molecule has 6 rings (SSSR count). The highest BCUT2D eigenvalue weighted by Crippen LogP contribution is 2.39. The molecule has 9 heteroatoms. The van der Waals surface area contributed by atoms with Crippen LogP contribution in [-0.4, -0.2) is 59.7 Å². The molecular formula is C26H26N4O5. The van der Waals surface area contributed by atoms with Crippen molar-refractivity contribution in [1.29, 1.82) is 0 Å². The number of ether oxygens (including phenoxy) is 2. The summed E-state index contributed by atoms with van der Waals surface area (Å²) < 4.78 is 19.1. The van der Waals surface area contributed by atoms with E-state index in [1.54, 1.807) is 49.1 Å². The fourth-order valence-electron chi connectivity index (χ4n) is 5.22. The second kappa shape index (κ2) is 7.84. The number of carbonyl (C=O) groups is 2. The van der Waals surface area contributed by atoms with Crippen molar-refractivity contribution < 1.29 is 23.5 Å². The number of nitrogens with one attached hydrogen (secondary N) is 1. The molecule has 1 aromatic carbocycles. The Bertz CT molecular complexity index is 1500. The van der Waals surface area contributed by atoms with E-state index in [-0.39, 0.29) is 17.2 Å². The summed E-state index contributed by atoms with van der Waals surface area (Å²) >= 11 is 0. The third kappa shape index (κ3) is 3.37. The van der Waals surface area contributed by atoms with Crippen LogP contribution in [0.3, 0.4) is 0 Å². The lowest BCUT2D eigenvalue weighted by Crippen LogP contribution is -2.45. The zero-order valence-electron chi connectivity index (χ0n) is 19.9. The number of furan rings is 1. The molecule has 2 saturated heterocycles. The molecule has 2 fully saturated rings. The second-order valence-electron chi connectivity index (χ2n) is 9.50. The highest BCUT2D eigenvalue weighted by Gasteiger charge is 2.46. The van der Waals surface area contributed by atoms with Gasteiger partial charge in [0.2, 0.25) is 0 Å². The minimum atomic E-state index is -0.194. The van der Waals surface area contributed by atoms with Gasteiger partial charge in [0.1, 0.15) is 22.6 Å². The van der Waals surface area contributed by atoms with Crippen molar-refractivity contribution in [2.75, 3.05) is 33.4 Å². The summed E-state index contributed by atoms with van der Waals surface area (Å²) in [5.74, 6) is 1.50. The van der Waals surface area contributed by atoms with Crippen LogP contribution in [0.15, 0.2) is 41.1 Å². The summed E-state index contributed by atoms with van der Waals surface area (Å²) in [5.41, 5.74) is 3.39. The lowest BCUT2D eigenvalue weighted by Gasteiger charge is -2.37. The highest BCUT2D eigenvalue weighted by molar-refractivity contribution is 6.07. The zero-order chi connectivity index (χ0) is 24.3. The van der Waals surface area contributed by atoms with Crippen molar-refractivity contribution in [3.63, 3.8) is 0 Å². The predicted molar refractivity (Wildman–Crippen MR) is 128 cm³/mol. The Labute approximate surface area is 201 Å². The first-order valence-corrected chi connectivity index (χ1v) is 11.7. The van der Waals surface area contributed by atoms with Gasteiger partial charge in [-0.3, -0.25) is 9.59 Å². The van der Waals surface area contributed by atoms with Crippen LogP contribution in [0, 0.1) is 19.3 Å². The van der Waals surface area contributed by atoms with Gasteiger partial charge in [-0.05, 0) is 38.0 Å². The van der Waals surface area contributed by atoms with Gasteiger partial charge in [0.05, 0.1) is 30.5 Å². The minimum absolute atomic E-state index is 0.0111. The van der Waals surface area contributed by atoms with Gasteiger partial charge in [0, 0.05) is 49.3 Å². The van der Waals surface area contributed by atoms with E-state index in [0.717, 1.165) is 49.2 Å². The van der Waals surface area contributed by atoms with Crippen LogP contribution < -0.4 is 10.1 Å². The molecule has 0 aliphatic carbocycles. The third-order valence-corrected chi connectivity index (χ3v) is 7.18. The smallest absolute Gasteiger partial charge is 0.255 e. The average molecular weight is 475 g/mol. The van der Waals surface area contributed by atoms with Crippen molar-refractivity contribution in [3.05, 3.63) is 59.1 Å². The van der Waals surface area contributed by atoms with Gasteiger partial charge < -0.3 is 24.1 Å². The van der Waals surface area contributed by atoms with E-state index >= 15 is 0 Å². The lowest BCUT2D eigenvalue weighted by molar-refractivity contribution is -0.103. The molecule has 0 atom stereocenters. The molecule has 3 aromatic heterocycles. The van der Waals surface area contributed by atoms with E-state index < -0.39 is 0 Å². The molecule has 9 nitrogen and oxygen atoms in total. The summed E-state index contributed by atoms with van der Waals surface area (Å²) in [5, 5.41) is 7.78. The molecule has 180 valence electrons. The molecule has 0 radical (unpaired) electrons. The van der Waals surface area contributed by atoms with Crippen molar-refractivity contribution in [2.24, 2.45) is 5.41 Å². The summed E-state index contributed by atoms with van der Waals surface area (Å²) in [6.07, 6.45) is 4.40. The lowest BCUT2D eigenvalue weighted by atomic mass is 9.85. The average Bonchev–Trinajstić information content (AvgIpc) is 3.51. The molecule has 0 bridgehead atoms. The summed E-state index contributed by atoms with van der Waals surface area (Å²) in [4.78, 5) is 27.5. The van der Waals surface area contributed by atoms with E-state index in [9.17, 15) is 9.59 Å². The maximum atomic E-state index is 13.4. The molecule has 2 aliphatic rings. The van der Waals surface area contributed by atoms with Crippen molar-refractivity contribution in [2.45, 2.75) is 20.3 Å². The number of aryl methyl sites for hydroxylation is 2. The molecule has 1 spiro atoms. The first-order chi connectivity index (χ1) is 16.9. The van der Waals surface area contributed by atoms with Gasteiger partial charge in [-0.15, -0.1) is 0 Å². The number of rotatable bonds is 4. The quantitative estimate of drug-likeness (QED) is 0.484. The summed E-state index contributed by atoms with van der Waals surface area (Å²) in [6, 6.07) is 7.16. The minimum Gasteiger partial charge on any atom is -0.460 e. The van der Waals surface area contributed by atoms with Gasteiger partial charge >= 0.3 is 0 Å². The van der Waals surface area contributed by atoms with Crippen LogP contribution >= 0.6 is 0 Å². The Balaban J connectivity index is 1.32. The van der Waals surface area contributed by atoms with Crippen LogP contribution in [0.4, 0.5) is 0 Å². The Morgan fingerprint density at radius 2 is 2.03 bits per heavy atom. The maximum absolute atomic E-state index is 13.4. The standard InChI is InChI=1S/C26H26N4O5/c1-15-19(25(32)29-9-7-26(12-29)13-33-14-26)11-30-23(15)20(6-8-28-30)35-17-4-5-18-21(10-17)34-16(2)22(18)24(31)27-3/h4-6,8,10-11H,7,9,12-14H2,1-3H3,(H,27,31). The SMILES string of the molecule is CNC(=O)c1c(C)oc2cc(Oc3ccnn4cc(C(=O)N5CCC6(COC6)C5)c(C)c34)ccc12. The number of nitrogens with zero attached hydrogens (tertiary/aromatic N) is 3. The molecule has 1 N–H and O–H groups in total. The number of benzene rings is 1. The number of fused-ring (bicyclic) bond motifs is 2. The molecule has 0 saturated carbocycles. The van der Waals surface area contributed by atoms with Gasteiger partial charge in [-0.25, -0.2) is 4.52 Å². The summed E-state index contributed by atoms with van der Waals surface area (Å²) in [6.45, 7) is 6.62. The van der Waals surface area contributed by atoms with Crippen LogP contribution in [0.2, 0.25) is 0 Å². The second-order valence-corrected chi connectivity index (χ2v) is 9.50. The van der Waals surface area contributed by atoms with Crippen LogP contribution in [0.25, 0.3) is 16.5 Å². The van der Waals surface area contributed by atoms with E-state index in [4.69, 9.17) is 13.9 Å². The maximum Gasteiger partial charge on any atom is 0.255 e. The number of likely N-dealkylation sites (tertiary alicyclic amines) is 1. The van der Waals surface area contributed by atoms with E-state index in [1.807, 2.05) is 17.9 Å². The van der Waals surface area contributed by atoms with Crippen LogP contribution in [0.5, 0.6) is 11.5 Å². The predicted octanol–water partition coefficient (Wildman–Crippen LogP) is 3.71. The Kier molecular flexibility index (Phi) is 4.86. The number of carbonyl (C=O) groups excluding carboxylic acids is 2. The van der Waals surface area contributed by atoms with E-state index in [2.05, 4.69) is 10.4 Å². The van der Waals surface area contributed by atoms with Gasteiger partial charge in [0.25, 0.3) is 11.8 Å². The number of aromatic nitrogens is 2. The topological polar surface area (TPSA) is 98.3 Å². The third-order valence-electron chi connectivity index (χ3n) is 7.18. The molecular weight excluding hydrogens is 448 g/mol. The van der Waals surface area contributed by atoms with Crippen molar-refractivity contribution >= 4 is 28.3 Å². The Morgan fingerprint density at radius 3 is 2.74 bits per heavy atom. The van der Waals surface area contributed by atoms with Gasteiger partial charge in [-0.2, -0.15) is 5.10 Å². The molecule has 2 aliphatic heterocycles. The number of hydrogen-bond acceptors (Lipinski definition) is 6. The van der Waals surface area contributed by atoms with Crippen LogP contribution in [0.1, 0.15) is 38.5 Å². The Morgan fingerprint density at radius 1 is 1.20 bits per heavy atom. The van der Waals surface area contributed by atoms with E-state index in [1.165, 1.54) is 0 Å². The number of amides is 2. The fourth-order valence-corrected chi connectivity index (χ4v) is 5.22. The monoisotopic (exact) mass is 474 g/mol. The van der Waals surface area contributed by atoms with Gasteiger partial charge in [-0.1, -0.05) is 0 Å². The zero-order valence-corrected chi connectivity index (χ0v) is 19.9. The van der Waals surface area contributed by atoms with Crippen LogP contribution in [-0.2, 0) is 4.74 Å². The van der Waals surface area contributed by atoms with Crippen molar-refractivity contribution in [1.82, 2.24) is 19.8 Å². The molecule has 35 heavy (non-hydrogen) atoms. The first kappa shape index (κ1) is 21.7. The molecule has 0 unspecified atom stereocenters. The van der Waals surface area contributed by atoms with Crippen molar-refractivity contribution in [3.8, 4) is 11.5 Å². The molecule has 5 heterocycles. The fraction of sp³-hybridized carbons (Fsp3) is 0.346.